The highest BCUT2D eigenvalue weighted by Crippen LogP contribution is 2.30. The van der Waals surface area contributed by atoms with E-state index in [1.54, 1.807) is 12.1 Å². The number of aliphatic hydroxyl groups is 1. The number of rotatable bonds is 10. The predicted octanol–water partition coefficient (Wildman–Crippen LogP) is 3.56. The number of aliphatic hydroxyl groups excluding tert-OH is 1. The predicted molar refractivity (Wildman–Crippen MR) is 131 cm³/mol. The fourth-order valence-corrected chi connectivity index (χ4v) is 4.84. The Hall–Kier alpha value is -2.63. The Bertz CT molecular complexity index is 1190. The minimum atomic E-state index is -4.24. The van der Waals surface area contributed by atoms with Crippen LogP contribution < -0.4 is 0 Å². The van der Waals surface area contributed by atoms with Crippen LogP contribution in [0.15, 0.2) is 89.8 Å². The van der Waals surface area contributed by atoms with Gasteiger partial charge in [-0.15, -0.1) is 0 Å². The van der Waals surface area contributed by atoms with Crippen LogP contribution in [0.4, 0.5) is 0 Å². The van der Waals surface area contributed by atoms with Crippen LogP contribution in [0.25, 0.3) is 0 Å². The number of ether oxygens (including phenoxy) is 4. The highest BCUT2D eigenvalue weighted by molar-refractivity contribution is 7.86. The third-order valence-electron chi connectivity index (χ3n) is 5.81. The van der Waals surface area contributed by atoms with Crippen LogP contribution in [-0.2, 0) is 46.5 Å². The molecule has 0 unspecified atom stereocenters. The SMILES string of the molecule is CO[C@H]1O[C@H](OS(=O)(=O)c2ccc(C)cc2)[C@H](O)[C@H](OCc2ccccc2)[C@H]1OCc1ccccc1. The summed E-state index contributed by atoms with van der Waals surface area (Å²) in [7, 11) is -2.84. The average Bonchev–Trinajstić information content (AvgIpc) is 2.89. The molecule has 8 nitrogen and oxygen atoms in total. The second kappa shape index (κ2) is 12.1. The van der Waals surface area contributed by atoms with Gasteiger partial charge in [0.25, 0.3) is 10.1 Å². The molecule has 1 aliphatic rings. The van der Waals surface area contributed by atoms with Crippen molar-refractivity contribution in [2.75, 3.05) is 7.11 Å². The topological polar surface area (TPSA) is 101 Å². The van der Waals surface area contributed by atoms with Crippen molar-refractivity contribution in [3.05, 3.63) is 102 Å². The minimum Gasteiger partial charge on any atom is -0.385 e. The number of hydrogen-bond acceptors (Lipinski definition) is 8. The molecule has 0 bridgehead atoms. The zero-order valence-corrected chi connectivity index (χ0v) is 20.9. The van der Waals surface area contributed by atoms with Gasteiger partial charge in [-0.1, -0.05) is 78.4 Å². The van der Waals surface area contributed by atoms with Gasteiger partial charge in [0, 0.05) is 7.11 Å². The standard InChI is InChI=1S/C27H30O8S/c1-19-13-15-22(16-14-19)36(29,30)35-26-23(28)24(32-17-20-9-5-3-6-10-20)25(27(31-2)34-26)33-18-21-11-7-4-8-12-21/h3-16,23-28H,17-18H2,1-2H3/t23-,24+,25-,26-,27+/m1/s1. The van der Waals surface area contributed by atoms with Crippen molar-refractivity contribution in [2.24, 2.45) is 0 Å². The summed E-state index contributed by atoms with van der Waals surface area (Å²) >= 11 is 0. The molecule has 3 aromatic rings. The van der Waals surface area contributed by atoms with Gasteiger partial charge >= 0.3 is 0 Å². The number of methoxy groups -OCH3 is 1. The molecule has 1 fully saturated rings. The summed E-state index contributed by atoms with van der Waals surface area (Å²) in [5.74, 6) is 0. The Morgan fingerprint density at radius 2 is 1.31 bits per heavy atom. The molecule has 5 atom stereocenters. The molecule has 0 saturated carbocycles. The van der Waals surface area contributed by atoms with Gasteiger partial charge in [-0.05, 0) is 30.2 Å². The summed E-state index contributed by atoms with van der Waals surface area (Å²) in [6, 6.07) is 25.1. The van der Waals surface area contributed by atoms with Crippen LogP contribution in [0.1, 0.15) is 16.7 Å². The minimum absolute atomic E-state index is 0.0536. The first-order chi connectivity index (χ1) is 17.4. The summed E-state index contributed by atoms with van der Waals surface area (Å²) < 4.78 is 54.5. The van der Waals surface area contributed by atoms with Gasteiger partial charge in [0.05, 0.1) is 18.1 Å². The van der Waals surface area contributed by atoms with Crippen molar-refractivity contribution in [3.63, 3.8) is 0 Å². The monoisotopic (exact) mass is 514 g/mol. The Balaban J connectivity index is 1.56. The molecule has 4 rings (SSSR count). The summed E-state index contributed by atoms with van der Waals surface area (Å²) in [6.07, 6.45) is -5.99. The molecule has 1 heterocycles. The van der Waals surface area contributed by atoms with Gasteiger partial charge < -0.3 is 24.1 Å². The molecule has 0 radical (unpaired) electrons. The first-order valence-electron chi connectivity index (χ1n) is 11.5. The van der Waals surface area contributed by atoms with Crippen LogP contribution >= 0.6 is 0 Å². The molecule has 1 N–H and O–H groups in total. The lowest BCUT2D eigenvalue weighted by Crippen LogP contribution is -2.60. The first kappa shape index (κ1) is 26.4. The normalized spacial score (nSPS) is 24.5. The summed E-state index contributed by atoms with van der Waals surface area (Å²) in [5, 5.41) is 11.2. The van der Waals surface area contributed by atoms with E-state index in [-0.39, 0.29) is 18.1 Å². The molecule has 1 saturated heterocycles. The summed E-state index contributed by atoms with van der Waals surface area (Å²) in [5.41, 5.74) is 2.68. The van der Waals surface area contributed by atoms with Crippen molar-refractivity contribution in [1.82, 2.24) is 0 Å². The van der Waals surface area contributed by atoms with E-state index >= 15 is 0 Å². The second-order valence-corrected chi connectivity index (χ2v) is 10.1. The summed E-state index contributed by atoms with van der Waals surface area (Å²) in [6.45, 7) is 2.21. The maximum absolute atomic E-state index is 12.9. The Kier molecular flexibility index (Phi) is 8.86. The number of aryl methyl sites for hydroxylation is 1. The maximum atomic E-state index is 12.9. The molecule has 36 heavy (non-hydrogen) atoms. The van der Waals surface area contributed by atoms with Crippen LogP contribution in [0.3, 0.4) is 0 Å². The third-order valence-corrected chi connectivity index (χ3v) is 7.10. The Morgan fingerprint density at radius 3 is 1.83 bits per heavy atom. The van der Waals surface area contributed by atoms with E-state index in [1.807, 2.05) is 67.6 Å². The highest BCUT2D eigenvalue weighted by atomic mass is 32.2. The number of benzene rings is 3. The highest BCUT2D eigenvalue weighted by Gasteiger charge is 2.49. The molecule has 9 heteroatoms. The van der Waals surface area contributed by atoms with Crippen molar-refractivity contribution in [1.29, 1.82) is 0 Å². The van der Waals surface area contributed by atoms with E-state index in [0.717, 1.165) is 16.7 Å². The lowest BCUT2D eigenvalue weighted by Gasteiger charge is -2.43. The molecule has 0 aromatic heterocycles. The van der Waals surface area contributed by atoms with E-state index in [0.29, 0.717) is 0 Å². The van der Waals surface area contributed by atoms with Crippen molar-refractivity contribution in [2.45, 2.75) is 55.9 Å². The van der Waals surface area contributed by atoms with E-state index in [2.05, 4.69) is 0 Å². The van der Waals surface area contributed by atoms with Crippen molar-refractivity contribution >= 4 is 10.1 Å². The molecule has 0 spiro atoms. The average molecular weight is 515 g/mol. The fraction of sp³-hybridized carbons (Fsp3) is 0.333. The lowest BCUT2D eigenvalue weighted by atomic mass is 10.0. The fourth-order valence-electron chi connectivity index (χ4n) is 3.85. The maximum Gasteiger partial charge on any atom is 0.299 e. The Labute approximate surface area is 211 Å². The molecule has 192 valence electrons. The first-order valence-corrected chi connectivity index (χ1v) is 13.0. The second-order valence-electron chi connectivity index (χ2n) is 8.48. The quantitative estimate of drug-likeness (QED) is 0.410. The van der Waals surface area contributed by atoms with Gasteiger partial charge in [0.1, 0.15) is 18.3 Å². The summed E-state index contributed by atoms with van der Waals surface area (Å²) in [4.78, 5) is -0.0536. The van der Waals surface area contributed by atoms with Crippen LogP contribution in [0.5, 0.6) is 0 Å². The van der Waals surface area contributed by atoms with Gasteiger partial charge in [0.2, 0.25) is 6.29 Å². The van der Waals surface area contributed by atoms with Crippen LogP contribution in [0.2, 0.25) is 0 Å². The molecular formula is C27H30O8S. The lowest BCUT2D eigenvalue weighted by molar-refractivity contribution is -0.342. The molecule has 0 amide bonds. The molecule has 0 aliphatic carbocycles. The van der Waals surface area contributed by atoms with Crippen molar-refractivity contribution < 1.29 is 36.7 Å². The molecule has 1 aliphatic heterocycles. The van der Waals surface area contributed by atoms with Gasteiger partial charge in [0.15, 0.2) is 6.29 Å². The van der Waals surface area contributed by atoms with E-state index < -0.39 is 41.0 Å². The van der Waals surface area contributed by atoms with Crippen molar-refractivity contribution in [3.8, 4) is 0 Å². The van der Waals surface area contributed by atoms with Gasteiger partial charge in [-0.3, -0.25) is 0 Å². The number of hydrogen-bond donors (Lipinski definition) is 1. The van der Waals surface area contributed by atoms with E-state index in [1.165, 1.54) is 19.2 Å². The molecule has 3 aromatic carbocycles. The van der Waals surface area contributed by atoms with Gasteiger partial charge in [-0.2, -0.15) is 8.42 Å². The van der Waals surface area contributed by atoms with Gasteiger partial charge in [-0.25, -0.2) is 4.18 Å². The van der Waals surface area contributed by atoms with E-state index in [4.69, 9.17) is 23.1 Å². The van der Waals surface area contributed by atoms with Crippen LogP contribution in [-0.4, -0.2) is 51.5 Å². The van der Waals surface area contributed by atoms with Crippen LogP contribution in [0, 0.1) is 6.92 Å². The Morgan fingerprint density at radius 1 is 0.778 bits per heavy atom. The van der Waals surface area contributed by atoms with E-state index in [9.17, 15) is 13.5 Å². The molecular weight excluding hydrogens is 484 g/mol. The zero-order chi connectivity index (χ0) is 25.5. The zero-order valence-electron chi connectivity index (χ0n) is 20.1. The third kappa shape index (κ3) is 6.57. The smallest absolute Gasteiger partial charge is 0.299 e. The largest absolute Gasteiger partial charge is 0.385 e.